The molecule has 2 nitrogen and oxygen atoms in total. The molecular weight excluding hydrogens is 307 g/mol. The third-order valence-corrected chi connectivity index (χ3v) is 2.81. The monoisotopic (exact) mass is 316 g/mol. The molecule has 0 unspecified atom stereocenters. The zero-order valence-corrected chi connectivity index (χ0v) is 11.0. The summed E-state index contributed by atoms with van der Waals surface area (Å²) in [5, 5.41) is 0. The van der Waals surface area contributed by atoms with Crippen LogP contribution in [0.1, 0.15) is 15.9 Å². The molecule has 0 bridgehead atoms. The molecule has 0 fully saturated rings. The second-order valence-electron chi connectivity index (χ2n) is 4.32. The molecule has 0 saturated carbocycles. The average molecular weight is 316 g/mol. The molecule has 0 aliphatic carbocycles. The van der Waals surface area contributed by atoms with E-state index in [-0.39, 0.29) is 5.56 Å². The molecule has 2 aromatic carbocycles. The number of carbonyl (C=O) groups excluding carboxylic acids is 1. The molecule has 2 rings (SSSR count). The standard InChI is InChI=1S/C15H9F5O2/c16-11-6-3-7-12(17)13(11)22-8-9-4-1-2-5-10(9)14(21)15(18,19)20/h1-7H,8H2. The minimum absolute atomic E-state index is 0.118. The van der Waals surface area contributed by atoms with Crippen LogP contribution >= 0.6 is 0 Å². The van der Waals surface area contributed by atoms with Gasteiger partial charge in [0.25, 0.3) is 5.78 Å². The van der Waals surface area contributed by atoms with Crippen molar-refractivity contribution in [3.05, 3.63) is 65.2 Å². The number of Topliss-reactive ketones (excluding diaryl/α,β-unsaturated/α-hetero) is 1. The molecule has 0 spiro atoms. The Labute approximate surface area is 122 Å². The predicted molar refractivity (Wildman–Crippen MR) is 67.5 cm³/mol. The average Bonchev–Trinajstić information content (AvgIpc) is 2.45. The lowest BCUT2D eigenvalue weighted by Crippen LogP contribution is -2.24. The minimum Gasteiger partial charge on any atom is -0.483 e. The molecule has 0 saturated heterocycles. The molecule has 116 valence electrons. The first kappa shape index (κ1) is 15.9. The summed E-state index contributed by atoms with van der Waals surface area (Å²) in [6, 6.07) is 7.87. The van der Waals surface area contributed by atoms with Gasteiger partial charge in [0.1, 0.15) is 6.61 Å². The molecule has 22 heavy (non-hydrogen) atoms. The fraction of sp³-hybridized carbons (Fsp3) is 0.133. The van der Waals surface area contributed by atoms with Gasteiger partial charge in [-0.05, 0) is 12.1 Å². The summed E-state index contributed by atoms with van der Waals surface area (Å²) in [6.07, 6.45) is -5.04. The summed E-state index contributed by atoms with van der Waals surface area (Å²) in [5.41, 5.74) is -0.737. The molecule has 0 aromatic heterocycles. The van der Waals surface area contributed by atoms with Gasteiger partial charge in [0.05, 0.1) is 0 Å². The molecule has 0 atom stereocenters. The number of ketones is 1. The smallest absolute Gasteiger partial charge is 0.454 e. The van der Waals surface area contributed by atoms with Gasteiger partial charge in [-0.1, -0.05) is 30.3 Å². The second-order valence-corrected chi connectivity index (χ2v) is 4.32. The minimum atomic E-state index is -5.04. The molecule has 0 radical (unpaired) electrons. The third kappa shape index (κ3) is 3.41. The van der Waals surface area contributed by atoms with E-state index >= 15 is 0 Å². The molecule has 0 N–H and O–H groups in total. The Morgan fingerprint density at radius 1 is 0.955 bits per heavy atom. The van der Waals surface area contributed by atoms with E-state index in [1.54, 1.807) is 0 Å². The quantitative estimate of drug-likeness (QED) is 0.621. The highest BCUT2D eigenvalue weighted by Gasteiger charge is 2.40. The van der Waals surface area contributed by atoms with E-state index in [0.717, 1.165) is 24.3 Å². The van der Waals surface area contributed by atoms with Crippen LogP contribution in [0.2, 0.25) is 0 Å². The van der Waals surface area contributed by atoms with Gasteiger partial charge < -0.3 is 4.74 Å². The van der Waals surface area contributed by atoms with Crippen LogP contribution in [0.15, 0.2) is 42.5 Å². The van der Waals surface area contributed by atoms with E-state index in [0.29, 0.717) is 0 Å². The van der Waals surface area contributed by atoms with Gasteiger partial charge in [-0.3, -0.25) is 4.79 Å². The Bertz CT molecular complexity index is 674. The van der Waals surface area contributed by atoms with Gasteiger partial charge in [0.15, 0.2) is 17.4 Å². The van der Waals surface area contributed by atoms with Gasteiger partial charge >= 0.3 is 6.18 Å². The zero-order chi connectivity index (χ0) is 16.3. The van der Waals surface area contributed by atoms with Crippen LogP contribution in [0.3, 0.4) is 0 Å². The molecule has 7 heteroatoms. The fourth-order valence-electron chi connectivity index (χ4n) is 1.79. The van der Waals surface area contributed by atoms with Crippen LogP contribution in [-0.2, 0) is 6.61 Å². The molecule has 0 aliphatic heterocycles. The number of carbonyl (C=O) groups is 1. The van der Waals surface area contributed by atoms with Gasteiger partial charge in [-0.2, -0.15) is 13.2 Å². The van der Waals surface area contributed by atoms with Crippen molar-refractivity contribution in [1.82, 2.24) is 0 Å². The Morgan fingerprint density at radius 2 is 1.55 bits per heavy atom. The number of hydrogen-bond acceptors (Lipinski definition) is 2. The highest BCUT2D eigenvalue weighted by atomic mass is 19.4. The molecule has 0 heterocycles. The zero-order valence-electron chi connectivity index (χ0n) is 11.0. The third-order valence-electron chi connectivity index (χ3n) is 2.81. The summed E-state index contributed by atoms with van der Waals surface area (Å²) in [7, 11) is 0. The van der Waals surface area contributed by atoms with E-state index in [9.17, 15) is 26.7 Å². The van der Waals surface area contributed by atoms with Gasteiger partial charge in [0, 0.05) is 11.1 Å². The van der Waals surface area contributed by atoms with E-state index in [4.69, 9.17) is 4.74 Å². The van der Waals surface area contributed by atoms with Crippen molar-refractivity contribution in [1.29, 1.82) is 0 Å². The first-order chi connectivity index (χ1) is 10.3. The Kier molecular flexibility index (Phi) is 4.44. The van der Waals surface area contributed by atoms with Crippen LogP contribution in [0, 0.1) is 11.6 Å². The predicted octanol–water partition coefficient (Wildman–Crippen LogP) is 4.29. The van der Waals surface area contributed by atoms with Gasteiger partial charge in [0.2, 0.25) is 0 Å². The topological polar surface area (TPSA) is 26.3 Å². The number of benzene rings is 2. The lowest BCUT2D eigenvalue weighted by Gasteiger charge is -2.12. The van der Waals surface area contributed by atoms with Crippen molar-refractivity contribution in [3.8, 4) is 5.75 Å². The highest BCUT2D eigenvalue weighted by Crippen LogP contribution is 2.26. The lowest BCUT2D eigenvalue weighted by atomic mass is 10.0. The van der Waals surface area contributed by atoms with Crippen LogP contribution < -0.4 is 4.74 Å². The Hall–Kier alpha value is -2.44. The highest BCUT2D eigenvalue weighted by molar-refractivity contribution is 6.01. The maximum Gasteiger partial charge on any atom is 0.454 e. The molecular formula is C15H9F5O2. The second kappa shape index (κ2) is 6.13. The maximum absolute atomic E-state index is 13.4. The normalized spacial score (nSPS) is 11.3. The van der Waals surface area contributed by atoms with E-state index in [1.807, 2.05) is 0 Å². The summed E-state index contributed by atoms with van der Waals surface area (Å²) in [4.78, 5) is 11.3. The number of para-hydroxylation sites is 1. The van der Waals surface area contributed by atoms with Crippen molar-refractivity contribution < 1.29 is 31.5 Å². The number of hydrogen-bond donors (Lipinski definition) is 0. The number of halogens is 5. The van der Waals surface area contributed by atoms with Crippen LogP contribution in [-0.4, -0.2) is 12.0 Å². The summed E-state index contributed by atoms with van der Waals surface area (Å²) < 4.78 is 69.2. The fourth-order valence-corrected chi connectivity index (χ4v) is 1.79. The van der Waals surface area contributed by atoms with E-state index < -0.39 is 41.5 Å². The van der Waals surface area contributed by atoms with Crippen LogP contribution in [0.4, 0.5) is 22.0 Å². The summed E-state index contributed by atoms with van der Waals surface area (Å²) >= 11 is 0. The first-order valence-electron chi connectivity index (χ1n) is 6.07. The summed E-state index contributed by atoms with van der Waals surface area (Å²) in [6.45, 7) is -0.574. The summed E-state index contributed by atoms with van der Waals surface area (Å²) in [5.74, 6) is -4.73. The van der Waals surface area contributed by atoms with Crippen molar-refractivity contribution >= 4 is 5.78 Å². The van der Waals surface area contributed by atoms with Crippen LogP contribution in [0.25, 0.3) is 0 Å². The van der Waals surface area contributed by atoms with Crippen molar-refractivity contribution in [3.63, 3.8) is 0 Å². The van der Waals surface area contributed by atoms with Gasteiger partial charge in [-0.15, -0.1) is 0 Å². The molecule has 0 aliphatic rings. The SMILES string of the molecule is O=C(c1ccccc1COc1c(F)cccc1F)C(F)(F)F. The van der Waals surface area contributed by atoms with E-state index in [1.165, 1.54) is 18.2 Å². The molecule has 0 amide bonds. The Balaban J connectivity index is 2.26. The number of rotatable bonds is 4. The van der Waals surface area contributed by atoms with Gasteiger partial charge in [-0.25, -0.2) is 8.78 Å². The van der Waals surface area contributed by atoms with Crippen molar-refractivity contribution in [2.45, 2.75) is 12.8 Å². The number of alkyl halides is 3. The maximum atomic E-state index is 13.4. The number of ether oxygens (including phenoxy) is 1. The lowest BCUT2D eigenvalue weighted by molar-refractivity contribution is -0.0886. The Morgan fingerprint density at radius 3 is 2.14 bits per heavy atom. The largest absolute Gasteiger partial charge is 0.483 e. The first-order valence-corrected chi connectivity index (χ1v) is 6.07. The molecule has 2 aromatic rings. The van der Waals surface area contributed by atoms with E-state index in [2.05, 4.69) is 0 Å². The van der Waals surface area contributed by atoms with Crippen molar-refractivity contribution in [2.24, 2.45) is 0 Å². The van der Waals surface area contributed by atoms with Crippen LogP contribution in [0.5, 0.6) is 5.75 Å². The van der Waals surface area contributed by atoms with Crippen molar-refractivity contribution in [2.75, 3.05) is 0 Å².